The molecule has 0 bridgehead atoms. The van der Waals surface area contributed by atoms with Gasteiger partial charge in [-0.2, -0.15) is 0 Å². The number of ether oxygens (including phenoxy) is 12. The van der Waals surface area contributed by atoms with Gasteiger partial charge in [-0.25, -0.2) is 28.8 Å². The second-order valence-corrected chi connectivity index (χ2v) is 10.6. The number of carbonyl (C=O) groups excluding carboxylic acids is 6. The number of hydrogen-bond donors (Lipinski definition) is 0. The van der Waals surface area contributed by atoms with Crippen LogP contribution in [0.5, 0.6) is 0 Å². The van der Waals surface area contributed by atoms with Crippen molar-refractivity contribution in [1.82, 2.24) is 0 Å². The lowest BCUT2D eigenvalue weighted by molar-refractivity contribution is -0.163. The van der Waals surface area contributed by atoms with E-state index in [2.05, 4.69) is 14.2 Å². The van der Waals surface area contributed by atoms with Crippen LogP contribution in [0.2, 0.25) is 0 Å². The maximum Gasteiger partial charge on any atom is 0.509 e. The summed E-state index contributed by atoms with van der Waals surface area (Å²) in [5.74, 6) is -2.30. The predicted octanol–water partition coefficient (Wildman–Crippen LogP) is 0.834. The van der Waals surface area contributed by atoms with Gasteiger partial charge in [-0.05, 0) is 27.2 Å². The maximum atomic E-state index is 12.2. The van der Waals surface area contributed by atoms with Crippen molar-refractivity contribution in [2.45, 2.75) is 70.7 Å². The van der Waals surface area contributed by atoms with Crippen LogP contribution < -0.4 is 0 Å². The summed E-state index contributed by atoms with van der Waals surface area (Å²) in [6, 6.07) is 0. The fourth-order valence-corrected chi connectivity index (χ4v) is 4.01. The van der Waals surface area contributed by atoms with Crippen molar-refractivity contribution in [3.8, 4) is 0 Å². The van der Waals surface area contributed by atoms with E-state index in [-0.39, 0.29) is 59.5 Å². The maximum absolute atomic E-state index is 12.2. The molecule has 6 atom stereocenters. The van der Waals surface area contributed by atoms with Gasteiger partial charge >= 0.3 is 36.4 Å². The van der Waals surface area contributed by atoms with Gasteiger partial charge in [0.25, 0.3) is 0 Å². The molecule has 3 heterocycles. The Labute approximate surface area is 258 Å². The monoisotopic (exact) mass is 650 g/mol. The van der Waals surface area contributed by atoms with E-state index < -0.39 is 78.4 Å². The van der Waals surface area contributed by atoms with Crippen molar-refractivity contribution in [1.29, 1.82) is 0 Å². The first-order valence-electron chi connectivity index (χ1n) is 14.2. The van der Waals surface area contributed by atoms with Gasteiger partial charge in [0, 0.05) is 5.41 Å². The quantitative estimate of drug-likeness (QED) is 0.140. The topological polar surface area (TPSA) is 213 Å². The van der Waals surface area contributed by atoms with E-state index in [4.69, 9.17) is 42.6 Å². The number of carbonyl (C=O) groups is 6. The summed E-state index contributed by atoms with van der Waals surface area (Å²) in [5, 5.41) is 0. The Morgan fingerprint density at radius 2 is 0.911 bits per heavy atom. The second kappa shape index (κ2) is 17.0. The van der Waals surface area contributed by atoms with E-state index in [1.165, 1.54) is 0 Å². The molecular formula is C27H38O18. The van der Waals surface area contributed by atoms with Crippen molar-refractivity contribution in [2.75, 3.05) is 59.5 Å². The third-order valence-electron chi connectivity index (χ3n) is 6.55. The molecule has 45 heavy (non-hydrogen) atoms. The van der Waals surface area contributed by atoms with E-state index in [0.717, 1.165) is 0 Å². The van der Waals surface area contributed by atoms with Gasteiger partial charge in [-0.15, -0.1) is 0 Å². The molecule has 3 fully saturated rings. The zero-order chi connectivity index (χ0) is 33.0. The molecule has 0 aromatic rings. The average Bonchev–Trinajstić information content (AvgIpc) is 3.74. The first-order valence-corrected chi connectivity index (χ1v) is 14.2. The summed E-state index contributed by atoms with van der Waals surface area (Å²) in [4.78, 5) is 69.7. The van der Waals surface area contributed by atoms with Crippen molar-refractivity contribution in [3.05, 3.63) is 0 Å². The van der Waals surface area contributed by atoms with Gasteiger partial charge in [0.2, 0.25) is 18.3 Å². The largest absolute Gasteiger partial charge is 0.509 e. The van der Waals surface area contributed by atoms with Crippen LogP contribution in [0.15, 0.2) is 0 Å². The lowest BCUT2D eigenvalue weighted by atomic mass is 9.88. The lowest BCUT2D eigenvalue weighted by Crippen LogP contribution is -2.40. The summed E-state index contributed by atoms with van der Waals surface area (Å²) in [6.45, 7) is 6.18. The highest BCUT2D eigenvalue weighted by Crippen LogP contribution is 2.25. The van der Waals surface area contributed by atoms with Crippen LogP contribution in [-0.2, 0) is 71.2 Å². The predicted molar refractivity (Wildman–Crippen MR) is 141 cm³/mol. The normalized spacial score (nSPS) is 24.0. The Hall–Kier alpha value is -3.90. The molecule has 18 heteroatoms. The molecule has 3 aliphatic heterocycles. The Kier molecular flexibility index (Phi) is 13.4. The molecule has 0 saturated carbocycles. The zero-order valence-corrected chi connectivity index (χ0v) is 25.4. The van der Waals surface area contributed by atoms with Crippen molar-refractivity contribution >= 4 is 36.4 Å². The van der Waals surface area contributed by atoms with Crippen molar-refractivity contribution < 1.29 is 85.6 Å². The minimum absolute atomic E-state index is 0.0125. The Bertz CT molecular complexity index is 934. The van der Waals surface area contributed by atoms with Crippen LogP contribution in [0, 0.1) is 5.41 Å². The third-order valence-corrected chi connectivity index (χ3v) is 6.55. The standard InChI is InChI=1S/C27H38O18/c1-5-27(12-34-6-15(2)40-21(28)18-9-37-24(31)43-18,13-35-7-16(3)41-22(29)19-10-38-25(32)44-19)14-36-8-17(4)42-23(30)20-11-39-26(33)45-20/h15-20H,5-14H2,1-4H3. The molecule has 0 amide bonds. The molecule has 3 aliphatic rings. The molecule has 254 valence electrons. The molecule has 0 aliphatic carbocycles. The van der Waals surface area contributed by atoms with Gasteiger partial charge < -0.3 is 56.8 Å². The van der Waals surface area contributed by atoms with Crippen LogP contribution in [0.4, 0.5) is 14.4 Å². The summed E-state index contributed by atoms with van der Waals surface area (Å²) in [5.41, 5.74) is -0.754. The van der Waals surface area contributed by atoms with Crippen LogP contribution in [0.3, 0.4) is 0 Å². The molecule has 6 unspecified atom stereocenters. The molecular weight excluding hydrogens is 612 g/mol. The zero-order valence-electron chi connectivity index (χ0n) is 25.4. The molecule has 0 aromatic heterocycles. The van der Waals surface area contributed by atoms with E-state index in [1.54, 1.807) is 20.8 Å². The smallest absolute Gasteiger partial charge is 0.457 e. The molecule has 0 aromatic carbocycles. The van der Waals surface area contributed by atoms with Gasteiger partial charge in [0.1, 0.15) is 38.1 Å². The van der Waals surface area contributed by atoms with Crippen LogP contribution in [0.1, 0.15) is 34.1 Å². The summed E-state index contributed by atoms with van der Waals surface area (Å²) in [6.07, 6.45) is -7.90. The summed E-state index contributed by atoms with van der Waals surface area (Å²) in [7, 11) is 0. The molecule has 0 radical (unpaired) electrons. The fourth-order valence-electron chi connectivity index (χ4n) is 4.01. The second-order valence-electron chi connectivity index (χ2n) is 10.6. The van der Waals surface area contributed by atoms with Crippen LogP contribution >= 0.6 is 0 Å². The highest BCUT2D eigenvalue weighted by Gasteiger charge is 2.37. The van der Waals surface area contributed by atoms with Gasteiger partial charge in [-0.1, -0.05) is 6.92 Å². The molecule has 0 N–H and O–H groups in total. The van der Waals surface area contributed by atoms with E-state index in [0.29, 0.717) is 6.42 Å². The summed E-state index contributed by atoms with van der Waals surface area (Å²) >= 11 is 0. The number of rotatable bonds is 19. The third kappa shape index (κ3) is 11.5. The van der Waals surface area contributed by atoms with E-state index in [9.17, 15) is 28.8 Å². The molecule has 0 spiro atoms. The van der Waals surface area contributed by atoms with Crippen molar-refractivity contribution in [2.24, 2.45) is 5.41 Å². The fraction of sp³-hybridized carbons (Fsp3) is 0.778. The Morgan fingerprint density at radius 1 is 0.622 bits per heavy atom. The Morgan fingerprint density at radius 3 is 1.13 bits per heavy atom. The van der Waals surface area contributed by atoms with Crippen LogP contribution in [0.25, 0.3) is 0 Å². The first-order chi connectivity index (χ1) is 21.4. The van der Waals surface area contributed by atoms with E-state index in [1.807, 2.05) is 6.92 Å². The first kappa shape index (κ1) is 35.6. The number of cyclic esters (lactones) is 6. The summed E-state index contributed by atoms with van der Waals surface area (Å²) < 4.78 is 61.3. The van der Waals surface area contributed by atoms with Crippen molar-refractivity contribution in [3.63, 3.8) is 0 Å². The minimum atomic E-state index is -1.15. The highest BCUT2D eigenvalue weighted by atomic mass is 16.8. The SMILES string of the molecule is CCC(COCC(C)OC(=O)C1COC(=O)O1)(COCC(C)OC(=O)C1COC(=O)O1)COCC(C)OC(=O)C1COC(=O)O1. The molecule has 3 saturated heterocycles. The van der Waals surface area contributed by atoms with Gasteiger partial charge in [0.15, 0.2) is 0 Å². The van der Waals surface area contributed by atoms with Crippen LogP contribution in [-0.4, -0.2) is 132 Å². The highest BCUT2D eigenvalue weighted by molar-refractivity contribution is 5.81. The lowest BCUT2D eigenvalue weighted by Gasteiger charge is -2.33. The van der Waals surface area contributed by atoms with Gasteiger partial charge in [0.05, 0.1) is 39.6 Å². The Balaban J connectivity index is 1.49. The molecule has 3 rings (SSSR count). The molecule has 18 nitrogen and oxygen atoms in total. The van der Waals surface area contributed by atoms with E-state index >= 15 is 0 Å². The average molecular weight is 651 g/mol. The number of hydrogen-bond acceptors (Lipinski definition) is 18. The van der Waals surface area contributed by atoms with Gasteiger partial charge in [-0.3, -0.25) is 0 Å². The minimum Gasteiger partial charge on any atom is -0.457 e. The number of esters is 3.